The van der Waals surface area contributed by atoms with Crippen molar-refractivity contribution >= 4 is 0 Å². The molecule has 4 saturated carbocycles. The average Bonchev–Trinajstić information content (AvgIpc) is 3.35. The number of ether oxygens (including phenoxy) is 5. The molecule has 0 bridgehead atoms. The summed E-state index contributed by atoms with van der Waals surface area (Å²) in [6.45, 7) is 10.1. The number of fused-ring (bicyclic) bond motifs is 5. The summed E-state index contributed by atoms with van der Waals surface area (Å²) in [6.07, 6.45) is -3.62. The summed E-state index contributed by atoms with van der Waals surface area (Å²) in [4.78, 5) is 0. The van der Waals surface area contributed by atoms with Gasteiger partial charge in [0.15, 0.2) is 12.6 Å². The molecular weight excluding hydrogens is 664 g/mol. The molecule has 0 spiro atoms. The molecule has 2 aliphatic heterocycles. The first-order chi connectivity index (χ1) is 24.0. The standard InChI is InChI=1S/C38H64O13/c1-18(2)27(50-35-32(30(45)26(43)17-49-35)51-34-31(47-6)29(44)25(42)16-48-34)8-7-19(3)21-14-23(40)33-37(21,5)12-10-28-36(4)11-9-20(39)13-22(36)24(41)15-38(28,33)46/h7-8,18-35,39-46H,9-17H2,1-6H3/b8-7+/t19-,20+,21-,22-,23-,24+,25-,26-,27?,28-,29+,30+,31-,32-,33-,34+,35+,36+,37-,38+/m1/s1. The van der Waals surface area contributed by atoms with Gasteiger partial charge >= 0.3 is 0 Å². The third-order valence-electron chi connectivity index (χ3n) is 14.3. The topological polar surface area (TPSA) is 208 Å². The van der Waals surface area contributed by atoms with E-state index in [-0.39, 0.29) is 66.0 Å². The van der Waals surface area contributed by atoms with Crippen LogP contribution in [0.3, 0.4) is 0 Å². The molecule has 294 valence electrons. The van der Waals surface area contributed by atoms with Crippen molar-refractivity contribution in [2.75, 3.05) is 20.3 Å². The minimum absolute atomic E-state index is 0.000856. The minimum atomic E-state index is -1.39. The molecule has 0 aromatic rings. The summed E-state index contributed by atoms with van der Waals surface area (Å²) < 4.78 is 29.2. The lowest BCUT2D eigenvalue weighted by molar-refractivity contribution is -0.349. The van der Waals surface area contributed by atoms with E-state index in [1.807, 2.05) is 19.9 Å². The highest BCUT2D eigenvalue weighted by molar-refractivity contribution is 5.21. The van der Waals surface area contributed by atoms with Crippen molar-refractivity contribution < 1.29 is 64.5 Å². The van der Waals surface area contributed by atoms with Gasteiger partial charge in [-0.25, -0.2) is 0 Å². The van der Waals surface area contributed by atoms with Crippen LogP contribution in [0.5, 0.6) is 0 Å². The fraction of sp³-hybridized carbons (Fsp3) is 0.947. The van der Waals surface area contributed by atoms with Crippen molar-refractivity contribution in [2.24, 2.45) is 46.3 Å². The predicted molar refractivity (Wildman–Crippen MR) is 183 cm³/mol. The van der Waals surface area contributed by atoms with Crippen LogP contribution in [0.25, 0.3) is 0 Å². The van der Waals surface area contributed by atoms with Crippen LogP contribution in [0.2, 0.25) is 0 Å². The largest absolute Gasteiger partial charge is 0.393 e. The molecule has 0 radical (unpaired) electrons. The lowest BCUT2D eigenvalue weighted by atomic mass is 9.42. The van der Waals surface area contributed by atoms with Crippen LogP contribution < -0.4 is 0 Å². The summed E-state index contributed by atoms with van der Waals surface area (Å²) in [5.74, 6) is -0.500. The lowest BCUT2D eigenvalue weighted by Crippen LogP contribution is -2.68. The molecule has 6 rings (SSSR count). The van der Waals surface area contributed by atoms with E-state index < -0.39 is 79.2 Å². The van der Waals surface area contributed by atoms with Crippen molar-refractivity contribution in [1.29, 1.82) is 0 Å². The van der Waals surface area contributed by atoms with Crippen LogP contribution >= 0.6 is 0 Å². The maximum absolute atomic E-state index is 12.6. The lowest BCUT2D eigenvalue weighted by Gasteiger charge is -2.66. The molecule has 51 heavy (non-hydrogen) atoms. The molecule has 1 unspecified atom stereocenters. The molecule has 6 aliphatic rings. The summed E-state index contributed by atoms with van der Waals surface area (Å²) in [5.41, 5.74) is -1.89. The summed E-state index contributed by atoms with van der Waals surface area (Å²) >= 11 is 0. The van der Waals surface area contributed by atoms with Crippen LogP contribution in [0.4, 0.5) is 0 Å². The van der Waals surface area contributed by atoms with Crippen LogP contribution in [0, 0.1) is 46.3 Å². The molecule has 4 aliphatic carbocycles. The third-order valence-corrected chi connectivity index (χ3v) is 14.3. The number of methoxy groups -OCH3 is 1. The zero-order valence-corrected chi connectivity index (χ0v) is 31.0. The van der Waals surface area contributed by atoms with Crippen LogP contribution in [0.15, 0.2) is 12.2 Å². The second kappa shape index (κ2) is 15.0. The first-order valence-corrected chi connectivity index (χ1v) is 19.2. The molecule has 6 fully saturated rings. The van der Waals surface area contributed by atoms with Gasteiger partial charge in [0.1, 0.15) is 36.6 Å². The van der Waals surface area contributed by atoms with Gasteiger partial charge in [-0.2, -0.15) is 0 Å². The van der Waals surface area contributed by atoms with Gasteiger partial charge in [0.05, 0.1) is 43.2 Å². The summed E-state index contributed by atoms with van der Waals surface area (Å²) in [5, 5.41) is 88.1. The van der Waals surface area contributed by atoms with Crippen LogP contribution in [0.1, 0.15) is 79.6 Å². The number of aliphatic hydroxyl groups is 8. The summed E-state index contributed by atoms with van der Waals surface area (Å²) in [7, 11) is 1.35. The highest BCUT2D eigenvalue weighted by atomic mass is 16.8. The number of hydrogen-bond donors (Lipinski definition) is 8. The first kappa shape index (κ1) is 39.9. The Hall–Kier alpha value is -0.780. The summed E-state index contributed by atoms with van der Waals surface area (Å²) in [6, 6.07) is 0. The van der Waals surface area contributed by atoms with E-state index in [4.69, 9.17) is 23.7 Å². The number of aliphatic hydroxyl groups excluding tert-OH is 7. The number of rotatable bonds is 9. The van der Waals surface area contributed by atoms with E-state index in [0.717, 1.165) is 19.3 Å². The number of allylic oxidation sites excluding steroid dienone is 1. The molecule has 0 aromatic heterocycles. The molecule has 2 saturated heterocycles. The zero-order valence-electron chi connectivity index (χ0n) is 31.0. The highest BCUT2D eigenvalue weighted by Gasteiger charge is 2.70. The molecule has 0 aromatic carbocycles. The van der Waals surface area contributed by atoms with Gasteiger partial charge in [-0.3, -0.25) is 0 Å². The maximum Gasteiger partial charge on any atom is 0.187 e. The van der Waals surface area contributed by atoms with E-state index in [1.54, 1.807) is 0 Å². The van der Waals surface area contributed by atoms with E-state index in [1.165, 1.54) is 7.11 Å². The molecule has 20 atom stereocenters. The van der Waals surface area contributed by atoms with Gasteiger partial charge in [0.25, 0.3) is 0 Å². The quantitative estimate of drug-likeness (QED) is 0.155. The van der Waals surface area contributed by atoms with Crippen LogP contribution in [-0.4, -0.2) is 140 Å². The van der Waals surface area contributed by atoms with Gasteiger partial charge < -0.3 is 64.5 Å². The molecule has 8 N–H and O–H groups in total. The smallest absolute Gasteiger partial charge is 0.187 e. The van der Waals surface area contributed by atoms with Crippen molar-refractivity contribution in [1.82, 2.24) is 0 Å². The fourth-order valence-electron chi connectivity index (χ4n) is 11.7. The number of hydrogen-bond acceptors (Lipinski definition) is 13. The Morgan fingerprint density at radius 3 is 2.02 bits per heavy atom. The Labute approximate surface area is 301 Å². The van der Waals surface area contributed by atoms with Gasteiger partial charge in [-0.15, -0.1) is 0 Å². The minimum Gasteiger partial charge on any atom is -0.393 e. The van der Waals surface area contributed by atoms with Gasteiger partial charge in [-0.05, 0) is 78.9 Å². The molecule has 13 nitrogen and oxygen atoms in total. The fourth-order valence-corrected chi connectivity index (χ4v) is 11.7. The van der Waals surface area contributed by atoms with E-state index >= 15 is 0 Å². The van der Waals surface area contributed by atoms with Gasteiger partial charge in [-0.1, -0.05) is 46.8 Å². The molecular formula is C38H64O13. The Morgan fingerprint density at radius 1 is 0.745 bits per heavy atom. The van der Waals surface area contributed by atoms with Gasteiger partial charge in [0.2, 0.25) is 0 Å². The average molecular weight is 729 g/mol. The van der Waals surface area contributed by atoms with Crippen molar-refractivity contribution in [3.05, 3.63) is 12.2 Å². The Kier molecular flexibility index (Phi) is 11.8. The zero-order chi connectivity index (χ0) is 37.2. The highest BCUT2D eigenvalue weighted by Crippen LogP contribution is 2.69. The predicted octanol–water partition coefficient (Wildman–Crippen LogP) is 0.853. The van der Waals surface area contributed by atoms with E-state index in [0.29, 0.717) is 19.3 Å². The van der Waals surface area contributed by atoms with Crippen LogP contribution in [-0.2, 0) is 23.7 Å². The van der Waals surface area contributed by atoms with Crippen molar-refractivity contribution in [3.63, 3.8) is 0 Å². The molecule has 2 heterocycles. The Bertz CT molecular complexity index is 1220. The third kappa shape index (κ3) is 7.00. The molecule has 0 amide bonds. The van der Waals surface area contributed by atoms with Crippen molar-refractivity contribution in [2.45, 2.75) is 159 Å². The Balaban J connectivity index is 1.17. The van der Waals surface area contributed by atoms with Crippen molar-refractivity contribution in [3.8, 4) is 0 Å². The Morgan fingerprint density at radius 2 is 1.37 bits per heavy atom. The second-order valence-electron chi connectivity index (χ2n) is 17.7. The molecule has 13 heteroatoms. The monoisotopic (exact) mass is 728 g/mol. The SMILES string of the molecule is CO[C@H]1[C@H](O[C@H]2[C@H](OC(/C=C/[C@@H](C)[C@H]3C[C@@H](O)[C@@H]4[C@]3(C)CC[C@@H]3[C@@]5(C)CC[C@H](O)C[C@@H]5[C@@H](O)C[C@]34O)C(C)C)OC[C@@H](O)[C@@H]2O)OC[C@@H](O)[C@@H]1O. The normalized spacial score (nSPS) is 53.0. The van der Waals surface area contributed by atoms with E-state index in [9.17, 15) is 40.9 Å². The first-order valence-electron chi connectivity index (χ1n) is 19.2. The second-order valence-corrected chi connectivity index (χ2v) is 17.7. The maximum atomic E-state index is 12.6. The van der Waals surface area contributed by atoms with Gasteiger partial charge in [0, 0.05) is 19.4 Å². The van der Waals surface area contributed by atoms with E-state index in [2.05, 4.69) is 26.8 Å².